The fraction of sp³-hybridized carbons (Fsp3) is 1.00. The monoisotopic (exact) mass is 267 g/mol. The lowest BCUT2D eigenvalue weighted by molar-refractivity contribution is -0.147. The zero-order valence-electron chi connectivity index (χ0n) is 12.3. The molecule has 0 bridgehead atoms. The molecule has 0 aromatic carbocycles. The van der Waals surface area contributed by atoms with Gasteiger partial charge in [-0.1, -0.05) is 0 Å². The second-order valence-corrected chi connectivity index (χ2v) is 6.75. The van der Waals surface area contributed by atoms with Crippen molar-refractivity contribution in [1.82, 2.24) is 5.32 Å². The van der Waals surface area contributed by atoms with Gasteiger partial charge in [0.1, 0.15) is 0 Å². The highest BCUT2D eigenvalue weighted by atomic mass is 16.5. The summed E-state index contributed by atoms with van der Waals surface area (Å²) in [4.78, 5) is 0. The van der Waals surface area contributed by atoms with Crippen molar-refractivity contribution >= 4 is 0 Å². The van der Waals surface area contributed by atoms with Gasteiger partial charge in [-0.2, -0.15) is 0 Å². The second kappa shape index (κ2) is 6.11. The van der Waals surface area contributed by atoms with Gasteiger partial charge < -0.3 is 14.8 Å². The minimum absolute atomic E-state index is 0.280. The summed E-state index contributed by atoms with van der Waals surface area (Å²) in [6.07, 6.45) is 12.0. The molecular formula is C16H29NO2. The summed E-state index contributed by atoms with van der Waals surface area (Å²) in [6.45, 7) is 1.96. The van der Waals surface area contributed by atoms with E-state index < -0.39 is 0 Å². The molecule has 0 amide bonds. The van der Waals surface area contributed by atoms with Crippen LogP contribution >= 0.6 is 0 Å². The molecule has 3 aliphatic rings. The summed E-state index contributed by atoms with van der Waals surface area (Å²) in [5, 5.41) is 3.57. The summed E-state index contributed by atoms with van der Waals surface area (Å²) in [7, 11) is 2.13. The SMILES string of the molecule is CNC(CCC1CCCO1)C1CCOC2(CCC2)C1. The zero-order chi connectivity index (χ0) is 13.1. The van der Waals surface area contributed by atoms with E-state index in [0.29, 0.717) is 12.1 Å². The summed E-state index contributed by atoms with van der Waals surface area (Å²) < 4.78 is 11.8. The van der Waals surface area contributed by atoms with E-state index in [1.165, 1.54) is 57.8 Å². The lowest BCUT2D eigenvalue weighted by atomic mass is 9.70. The van der Waals surface area contributed by atoms with Crippen LogP contribution in [0.4, 0.5) is 0 Å². The van der Waals surface area contributed by atoms with Gasteiger partial charge in [0, 0.05) is 19.3 Å². The number of nitrogens with one attached hydrogen (secondary N) is 1. The topological polar surface area (TPSA) is 30.5 Å². The van der Waals surface area contributed by atoms with Crippen LogP contribution in [0, 0.1) is 5.92 Å². The first-order chi connectivity index (χ1) is 9.31. The molecule has 1 spiro atoms. The van der Waals surface area contributed by atoms with Gasteiger partial charge in [0.05, 0.1) is 11.7 Å². The number of ether oxygens (including phenoxy) is 2. The average Bonchev–Trinajstić information content (AvgIpc) is 2.91. The predicted molar refractivity (Wildman–Crippen MR) is 76.3 cm³/mol. The Morgan fingerprint density at radius 3 is 2.74 bits per heavy atom. The molecule has 3 atom stereocenters. The van der Waals surface area contributed by atoms with Gasteiger partial charge in [-0.3, -0.25) is 0 Å². The van der Waals surface area contributed by atoms with Crippen molar-refractivity contribution in [2.24, 2.45) is 5.92 Å². The van der Waals surface area contributed by atoms with E-state index in [2.05, 4.69) is 12.4 Å². The molecule has 0 radical (unpaired) electrons. The summed E-state index contributed by atoms with van der Waals surface area (Å²) in [6, 6.07) is 0.658. The van der Waals surface area contributed by atoms with E-state index in [0.717, 1.165) is 19.1 Å². The first kappa shape index (κ1) is 13.8. The molecule has 2 heterocycles. The van der Waals surface area contributed by atoms with Crippen LogP contribution < -0.4 is 5.32 Å². The Balaban J connectivity index is 1.49. The van der Waals surface area contributed by atoms with Crippen molar-refractivity contribution in [3.8, 4) is 0 Å². The molecular weight excluding hydrogens is 238 g/mol. The van der Waals surface area contributed by atoms with E-state index in [-0.39, 0.29) is 5.60 Å². The predicted octanol–water partition coefficient (Wildman–Crippen LogP) is 2.88. The van der Waals surface area contributed by atoms with Gasteiger partial charge in [0.2, 0.25) is 0 Å². The molecule has 3 nitrogen and oxygen atoms in total. The van der Waals surface area contributed by atoms with E-state index >= 15 is 0 Å². The summed E-state index contributed by atoms with van der Waals surface area (Å²) in [5.41, 5.74) is 0.280. The third kappa shape index (κ3) is 3.14. The molecule has 3 unspecified atom stereocenters. The van der Waals surface area contributed by atoms with Gasteiger partial charge in [0.25, 0.3) is 0 Å². The number of hydrogen-bond donors (Lipinski definition) is 1. The lowest BCUT2D eigenvalue weighted by Crippen LogP contribution is -2.49. The molecule has 1 aliphatic carbocycles. The molecule has 2 aliphatic heterocycles. The number of hydrogen-bond acceptors (Lipinski definition) is 3. The van der Waals surface area contributed by atoms with Crippen LogP contribution in [0.15, 0.2) is 0 Å². The van der Waals surface area contributed by atoms with Gasteiger partial charge in [0.15, 0.2) is 0 Å². The Morgan fingerprint density at radius 2 is 2.11 bits per heavy atom. The first-order valence-corrected chi connectivity index (χ1v) is 8.24. The zero-order valence-corrected chi connectivity index (χ0v) is 12.3. The van der Waals surface area contributed by atoms with Crippen LogP contribution in [0.1, 0.15) is 57.8 Å². The maximum atomic E-state index is 6.05. The van der Waals surface area contributed by atoms with Crippen molar-refractivity contribution in [3.05, 3.63) is 0 Å². The normalized spacial score (nSPS) is 35.2. The third-order valence-electron chi connectivity index (χ3n) is 5.56. The Morgan fingerprint density at radius 1 is 1.21 bits per heavy atom. The molecule has 3 fully saturated rings. The van der Waals surface area contributed by atoms with Gasteiger partial charge in [-0.25, -0.2) is 0 Å². The average molecular weight is 267 g/mol. The third-order valence-corrected chi connectivity index (χ3v) is 5.56. The number of rotatable bonds is 5. The molecule has 110 valence electrons. The molecule has 0 aromatic rings. The molecule has 1 N–H and O–H groups in total. The Kier molecular flexibility index (Phi) is 4.45. The molecule has 2 saturated heterocycles. The van der Waals surface area contributed by atoms with Crippen LogP contribution in [-0.4, -0.2) is 38.0 Å². The quantitative estimate of drug-likeness (QED) is 0.831. The Bertz CT molecular complexity index is 284. The largest absolute Gasteiger partial charge is 0.378 e. The smallest absolute Gasteiger partial charge is 0.0685 e. The lowest BCUT2D eigenvalue weighted by Gasteiger charge is -2.49. The van der Waals surface area contributed by atoms with Gasteiger partial charge >= 0.3 is 0 Å². The minimum atomic E-state index is 0.280. The maximum absolute atomic E-state index is 6.05. The van der Waals surface area contributed by atoms with Crippen molar-refractivity contribution < 1.29 is 9.47 Å². The van der Waals surface area contributed by atoms with E-state index in [1.807, 2.05) is 0 Å². The van der Waals surface area contributed by atoms with Crippen molar-refractivity contribution in [1.29, 1.82) is 0 Å². The highest BCUT2D eigenvalue weighted by Gasteiger charge is 2.44. The highest BCUT2D eigenvalue weighted by Crippen LogP contribution is 2.45. The molecule has 3 heteroatoms. The first-order valence-electron chi connectivity index (χ1n) is 8.24. The van der Waals surface area contributed by atoms with Crippen LogP contribution in [0.25, 0.3) is 0 Å². The van der Waals surface area contributed by atoms with Crippen LogP contribution in [0.3, 0.4) is 0 Å². The Labute approximate surface area is 117 Å². The van der Waals surface area contributed by atoms with Crippen LogP contribution in [0.2, 0.25) is 0 Å². The summed E-state index contributed by atoms with van der Waals surface area (Å²) in [5.74, 6) is 0.806. The molecule has 0 aromatic heterocycles. The molecule has 3 rings (SSSR count). The fourth-order valence-electron chi connectivity index (χ4n) is 4.18. The highest BCUT2D eigenvalue weighted by molar-refractivity contribution is 4.96. The van der Waals surface area contributed by atoms with Crippen LogP contribution in [-0.2, 0) is 9.47 Å². The second-order valence-electron chi connectivity index (χ2n) is 6.75. The minimum Gasteiger partial charge on any atom is -0.378 e. The van der Waals surface area contributed by atoms with E-state index in [1.54, 1.807) is 0 Å². The molecule has 1 saturated carbocycles. The maximum Gasteiger partial charge on any atom is 0.0685 e. The van der Waals surface area contributed by atoms with Gasteiger partial charge in [-0.05, 0) is 70.8 Å². The Hall–Kier alpha value is -0.120. The van der Waals surface area contributed by atoms with E-state index in [9.17, 15) is 0 Å². The van der Waals surface area contributed by atoms with E-state index in [4.69, 9.17) is 9.47 Å². The van der Waals surface area contributed by atoms with Crippen molar-refractivity contribution in [2.75, 3.05) is 20.3 Å². The van der Waals surface area contributed by atoms with Crippen molar-refractivity contribution in [2.45, 2.75) is 75.5 Å². The van der Waals surface area contributed by atoms with Crippen LogP contribution in [0.5, 0.6) is 0 Å². The molecule has 19 heavy (non-hydrogen) atoms. The van der Waals surface area contributed by atoms with Crippen molar-refractivity contribution in [3.63, 3.8) is 0 Å². The van der Waals surface area contributed by atoms with Gasteiger partial charge in [-0.15, -0.1) is 0 Å². The standard InChI is InChI=1S/C16H29NO2/c1-17-15(6-5-14-4-2-10-18-14)13-7-11-19-16(12-13)8-3-9-16/h13-15,17H,2-12H2,1H3. The fourth-order valence-corrected chi connectivity index (χ4v) is 4.18. The summed E-state index contributed by atoms with van der Waals surface area (Å²) >= 11 is 0.